The summed E-state index contributed by atoms with van der Waals surface area (Å²) in [4.78, 5) is 18.7. The maximum atomic E-state index is 12.3. The highest BCUT2D eigenvalue weighted by atomic mass is 16.5. The largest absolute Gasteiger partial charge is 0.343 e. The van der Waals surface area contributed by atoms with Crippen LogP contribution in [0, 0.1) is 0 Å². The molecular weight excluding hydrogens is 368 g/mol. The highest BCUT2D eigenvalue weighted by Gasteiger charge is 2.18. The molecule has 8 nitrogen and oxygen atoms in total. The van der Waals surface area contributed by atoms with Crippen molar-refractivity contribution >= 4 is 16.9 Å². The number of amides is 1. The van der Waals surface area contributed by atoms with Crippen molar-refractivity contribution in [1.29, 1.82) is 0 Å². The van der Waals surface area contributed by atoms with Crippen LogP contribution in [0.3, 0.4) is 0 Å². The normalized spacial score (nSPS) is 14.0. The number of fused-ring (bicyclic) bond motifs is 1. The molecule has 8 heteroatoms. The molecule has 1 aliphatic heterocycles. The third-order valence-corrected chi connectivity index (χ3v) is 5.22. The zero-order valence-electron chi connectivity index (χ0n) is 15.9. The third-order valence-electron chi connectivity index (χ3n) is 5.22. The molecule has 2 aromatic carbocycles. The fourth-order valence-electron chi connectivity index (χ4n) is 3.64. The number of hydrogen-bond acceptors (Lipinski definition) is 6. The molecule has 1 saturated heterocycles. The van der Waals surface area contributed by atoms with Crippen LogP contribution in [0.5, 0.6) is 0 Å². The molecule has 146 valence electrons. The van der Waals surface area contributed by atoms with Gasteiger partial charge in [-0.3, -0.25) is 4.79 Å². The molecule has 0 radical (unpaired) electrons. The standard InChI is InChI=1S/C21H20N6O2/c28-19(26-11-4-5-12-26)10-13-27-18-9-8-16(14-17(18)23-25-27)20-22-21(29-24-20)15-6-2-1-3-7-15/h1-3,6-9,14H,4-5,10-13H2. The number of nitrogens with zero attached hydrogens (tertiary/aromatic N) is 6. The van der Waals surface area contributed by atoms with Gasteiger partial charge in [-0.05, 0) is 43.2 Å². The fourth-order valence-corrected chi connectivity index (χ4v) is 3.64. The van der Waals surface area contributed by atoms with Crippen LogP contribution in [0.1, 0.15) is 19.3 Å². The first-order valence-electron chi connectivity index (χ1n) is 9.78. The quantitative estimate of drug-likeness (QED) is 0.522. The molecule has 0 bridgehead atoms. The minimum atomic E-state index is 0.183. The minimum absolute atomic E-state index is 0.183. The van der Waals surface area contributed by atoms with E-state index in [1.807, 2.05) is 53.4 Å². The second-order valence-corrected chi connectivity index (χ2v) is 7.14. The molecule has 5 rings (SSSR count). The topological polar surface area (TPSA) is 89.9 Å². The van der Waals surface area contributed by atoms with E-state index >= 15 is 0 Å². The van der Waals surface area contributed by atoms with E-state index in [4.69, 9.17) is 4.52 Å². The van der Waals surface area contributed by atoms with Crippen LogP contribution in [0.15, 0.2) is 53.1 Å². The van der Waals surface area contributed by atoms with E-state index in [0.29, 0.717) is 24.7 Å². The Morgan fingerprint density at radius 1 is 1.03 bits per heavy atom. The second kappa shape index (κ2) is 7.46. The lowest BCUT2D eigenvalue weighted by atomic mass is 10.2. The Labute approximate surface area is 167 Å². The smallest absolute Gasteiger partial charge is 0.258 e. The number of aryl methyl sites for hydroxylation is 1. The van der Waals surface area contributed by atoms with Crippen LogP contribution >= 0.6 is 0 Å². The van der Waals surface area contributed by atoms with Gasteiger partial charge in [-0.25, -0.2) is 4.68 Å². The third kappa shape index (κ3) is 3.49. The molecule has 0 unspecified atom stereocenters. The van der Waals surface area contributed by atoms with Gasteiger partial charge in [0.15, 0.2) is 0 Å². The Morgan fingerprint density at radius 2 is 1.86 bits per heavy atom. The van der Waals surface area contributed by atoms with Gasteiger partial charge < -0.3 is 9.42 Å². The van der Waals surface area contributed by atoms with E-state index in [0.717, 1.165) is 48.1 Å². The maximum absolute atomic E-state index is 12.3. The zero-order valence-corrected chi connectivity index (χ0v) is 15.9. The molecule has 3 heterocycles. The van der Waals surface area contributed by atoms with Gasteiger partial charge >= 0.3 is 0 Å². The molecule has 0 N–H and O–H groups in total. The highest BCUT2D eigenvalue weighted by molar-refractivity contribution is 5.80. The molecule has 2 aromatic heterocycles. The number of benzene rings is 2. The van der Waals surface area contributed by atoms with Crippen molar-refractivity contribution in [1.82, 2.24) is 30.0 Å². The minimum Gasteiger partial charge on any atom is -0.343 e. The molecule has 0 spiro atoms. The van der Waals surface area contributed by atoms with Gasteiger partial charge in [0.05, 0.1) is 12.1 Å². The van der Waals surface area contributed by atoms with Crippen molar-refractivity contribution in [3.8, 4) is 22.8 Å². The summed E-state index contributed by atoms with van der Waals surface area (Å²) < 4.78 is 7.17. The molecule has 1 aliphatic rings. The van der Waals surface area contributed by atoms with E-state index in [2.05, 4.69) is 20.5 Å². The van der Waals surface area contributed by atoms with Crippen LogP contribution < -0.4 is 0 Å². The number of rotatable bonds is 5. The first-order valence-corrected chi connectivity index (χ1v) is 9.78. The van der Waals surface area contributed by atoms with Gasteiger partial charge in [-0.2, -0.15) is 4.98 Å². The summed E-state index contributed by atoms with van der Waals surface area (Å²) in [5, 5.41) is 12.5. The van der Waals surface area contributed by atoms with Crippen LogP contribution in [-0.4, -0.2) is 49.0 Å². The molecule has 0 atom stereocenters. The molecule has 0 saturated carbocycles. The average molecular weight is 388 g/mol. The SMILES string of the molecule is O=C(CCn1nnc2cc(-c3noc(-c4ccccc4)n3)ccc21)N1CCCC1. The van der Waals surface area contributed by atoms with Crippen molar-refractivity contribution in [2.24, 2.45) is 0 Å². The van der Waals surface area contributed by atoms with Crippen LogP contribution in [0.4, 0.5) is 0 Å². The fraction of sp³-hybridized carbons (Fsp3) is 0.286. The Kier molecular flexibility index (Phi) is 4.51. The van der Waals surface area contributed by atoms with Crippen molar-refractivity contribution in [2.75, 3.05) is 13.1 Å². The maximum Gasteiger partial charge on any atom is 0.258 e. The predicted octanol–water partition coefficient (Wildman–Crippen LogP) is 3.16. The molecule has 1 amide bonds. The Bertz CT molecular complexity index is 1140. The van der Waals surface area contributed by atoms with Gasteiger partial charge in [0.25, 0.3) is 5.89 Å². The molecule has 4 aromatic rings. The monoisotopic (exact) mass is 388 g/mol. The van der Waals surface area contributed by atoms with Crippen LogP contribution in [-0.2, 0) is 11.3 Å². The summed E-state index contributed by atoms with van der Waals surface area (Å²) in [6, 6.07) is 15.4. The number of hydrogen-bond donors (Lipinski definition) is 0. The summed E-state index contributed by atoms with van der Waals surface area (Å²) in [5.41, 5.74) is 3.31. The Morgan fingerprint density at radius 3 is 2.69 bits per heavy atom. The van der Waals surface area contributed by atoms with E-state index in [1.54, 1.807) is 4.68 Å². The van der Waals surface area contributed by atoms with Gasteiger partial charge in [0.1, 0.15) is 5.52 Å². The predicted molar refractivity (Wildman–Crippen MR) is 107 cm³/mol. The number of carbonyl (C=O) groups excluding carboxylic acids is 1. The van der Waals surface area contributed by atoms with Crippen molar-refractivity contribution < 1.29 is 9.32 Å². The van der Waals surface area contributed by atoms with Gasteiger partial charge in [-0.15, -0.1) is 5.10 Å². The Balaban J connectivity index is 1.34. The average Bonchev–Trinajstić information content (AvgIpc) is 3.53. The first-order chi connectivity index (χ1) is 14.3. The van der Waals surface area contributed by atoms with Crippen LogP contribution in [0.2, 0.25) is 0 Å². The first kappa shape index (κ1) is 17.5. The lowest BCUT2D eigenvalue weighted by molar-refractivity contribution is -0.130. The summed E-state index contributed by atoms with van der Waals surface area (Å²) in [7, 11) is 0. The van der Waals surface area contributed by atoms with Crippen LogP contribution in [0.25, 0.3) is 33.9 Å². The van der Waals surface area contributed by atoms with Crippen molar-refractivity contribution in [3.63, 3.8) is 0 Å². The van der Waals surface area contributed by atoms with E-state index in [9.17, 15) is 4.79 Å². The Hall–Kier alpha value is -3.55. The van der Waals surface area contributed by atoms with Crippen molar-refractivity contribution in [3.05, 3.63) is 48.5 Å². The molecule has 29 heavy (non-hydrogen) atoms. The number of carbonyl (C=O) groups is 1. The summed E-state index contributed by atoms with van der Waals surface area (Å²) in [6.45, 7) is 2.26. The van der Waals surface area contributed by atoms with E-state index < -0.39 is 0 Å². The molecule has 0 aliphatic carbocycles. The number of aromatic nitrogens is 5. The highest BCUT2D eigenvalue weighted by Crippen LogP contribution is 2.24. The van der Waals surface area contributed by atoms with E-state index in [1.165, 1.54) is 0 Å². The lowest BCUT2D eigenvalue weighted by Gasteiger charge is -2.14. The molecule has 1 fully saturated rings. The molecular formula is C21H20N6O2. The van der Waals surface area contributed by atoms with Gasteiger partial charge in [0.2, 0.25) is 11.7 Å². The number of likely N-dealkylation sites (tertiary alicyclic amines) is 1. The summed E-state index contributed by atoms with van der Waals surface area (Å²) in [6.07, 6.45) is 2.64. The summed E-state index contributed by atoms with van der Waals surface area (Å²) in [5.74, 6) is 1.16. The zero-order chi connectivity index (χ0) is 19.6. The summed E-state index contributed by atoms with van der Waals surface area (Å²) >= 11 is 0. The van der Waals surface area contributed by atoms with Gasteiger partial charge in [-0.1, -0.05) is 28.6 Å². The van der Waals surface area contributed by atoms with Crippen molar-refractivity contribution in [2.45, 2.75) is 25.8 Å². The van der Waals surface area contributed by atoms with Gasteiger partial charge in [0, 0.05) is 30.6 Å². The lowest BCUT2D eigenvalue weighted by Crippen LogP contribution is -2.28. The van der Waals surface area contributed by atoms with E-state index in [-0.39, 0.29) is 5.91 Å². The second-order valence-electron chi connectivity index (χ2n) is 7.14.